The molecule has 2 heterocycles. The van der Waals surface area contributed by atoms with Gasteiger partial charge in [-0.25, -0.2) is 9.97 Å². The first kappa shape index (κ1) is 16.9. The topological polar surface area (TPSA) is 71.0 Å². The molecule has 2 aromatic heterocycles. The molecule has 0 radical (unpaired) electrons. The lowest BCUT2D eigenvalue weighted by atomic mass is 10.3. The summed E-state index contributed by atoms with van der Waals surface area (Å²) in [6.07, 6.45) is 8.54. The van der Waals surface area contributed by atoms with Crippen LogP contribution in [-0.4, -0.2) is 38.8 Å². The SMILES string of the molecule is CCCN(CCC)C(=O)c1cnc(NCc2cccnc2)cn1. The third-order valence-corrected chi connectivity index (χ3v) is 3.34. The number of rotatable bonds is 8. The minimum Gasteiger partial charge on any atom is -0.365 e. The fourth-order valence-corrected chi connectivity index (χ4v) is 2.24. The van der Waals surface area contributed by atoms with Crippen LogP contribution in [0.25, 0.3) is 0 Å². The molecule has 0 fully saturated rings. The summed E-state index contributed by atoms with van der Waals surface area (Å²) in [7, 11) is 0. The molecule has 0 aliphatic rings. The highest BCUT2D eigenvalue weighted by molar-refractivity contribution is 5.92. The number of anilines is 1. The smallest absolute Gasteiger partial charge is 0.274 e. The lowest BCUT2D eigenvalue weighted by Crippen LogP contribution is -2.33. The molecule has 0 saturated carbocycles. The lowest BCUT2D eigenvalue weighted by Gasteiger charge is -2.20. The highest BCUT2D eigenvalue weighted by Crippen LogP contribution is 2.07. The van der Waals surface area contributed by atoms with Crippen molar-refractivity contribution in [2.45, 2.75) is 33.2 Å². The van der Waals surface area contributed by atoms with E-state index in [9.17, 15) is 4.79 Å². The van der Waals surface area contributed by atoms with Crippen molar-refractivity contribution in [1.29, 1.82) is 0 Å². The fraction of sp³-hybridized carbons (Fsp3) is 0.412. The standard InChI is InChI=1S/C17H23N5O/c1-3-8-22(9-4-2)17(23)15-12-21-16(13-19-15)20-11-14-6-5-7-18-10-14/h5-7,10,12-13H,3-4,8-9,11H2,1-2H3,(H,20,21). The Balaban J connectivity index is 1.96. The maximum Gasteiger partial charge on any atom is 0.274 e. The summed E-state index contributed by atoms with van der Waals surface area (Å²) in [5, 5.41) is 3.17. The van der Waals surface area contributed by atoms with Gasteiger partial charge in [0.1, 0.15) is 11.5 Å². The predicted octanol–water partition coefficient (Wildman–Crippen LogP) is 2.75. The van der Waals surface area contributed by atoms with Gasteiger partial charge in [-0.2, -0.15) is 0 Å². The maximum absolute atomic E-state index is 12.4. The second-order valence-corrected chi connectivity index (χ2v) is 5.29. The number of carbonyl (C=O) groups excluding carboxylic acids is 1. The van der Waals surface area contributed by atoms with Gasteiger partial charge >= 0.3 is 0 Å². The monoisotopic (exact) mass is 313 g/mol. The van der Waals surface area contributed by atoms with Crippen LogP contribution in [0, 0.1) is 0 Å². The molecule has 6 nitrogen and oxygen atoms in total. The number of amides is 1. The minimum atomic E-state index is -0.0555. The molecule has 0 atom stereocenters. The Bertz CT molecular complexity index is 594. The molecule has 1 N–H and O–H groups in total. The largest absolute Gasteiger partial charge is 0.365 e. The summed E-state index contributed by atoms with van der Waals surface area (Å²) in [4.78, 5) is 26.8. The van der Waals surface area contributed by atoms with Crippen LogP contribution < -0.4 is 5.32 Å². The molecule has 2 rings (SSSR count). The number of hydrogen-bond acceptors (Lipinski definition) is 5. The number of nitrogens with zero attached hydrogens (tertiary/aromatic N) is 4. The van der Waals surface area contributed by atoms with Gasteiger partial charge in [0.25, 0.3) is 5.91 Å². The van der Waals surface area contributed by atoms with E-state index < -0.39 is 0 Å². The quantitative estimate of drug-likeness (QED) is 0.811. The molecule has 6 heteroatoms. The lowest BCUT2D eigenvalue weighted by molar-refractivity contribution is 0.0749. The van der Waals surface area contributed by atoms with Crippen LogP contribution in [0.2, 0.25) is 0 Å². The van der Waals surface area contributed by atoms with E-state index in [-0.39, 0.29) is 5.91 Å². The van der Waals surface area contributed by atoms with Gasteiger partial charge in [0.05, 0.1) is 12.4 Å². The molecule has 23 heavy (non-hydrogen) atoms. The Labute approximate surface area is 137 Å². The molecule has 0 aliphatic heterocycles. The number of pyridine rings is 1. The Morgan fingerprint density at radius 3 is 2.48 bits per heavy atom. The van der Waals surface area contributed by atoms with Gasteiger partial charge in [0.15, 0.2) is 0 Å². The number of hydrogen-bond donors (Lipinski definition) is 1. The molecule has 0 aliphatic carbocycles. The second kappa shape index (κ2) is 8.82. The molecule has 0 saturated heterocycles. The molecular formula is C17H23N5O. The molecule has 0 aromatic carbocycles. The van der Waals surface area contributed by atoms with Crippen molar-refractivity contribution < 1.29 is 4.79 Å². The van der Waals surface area contributed by atoms with Crippen molar-refractivity contribution in [1.82, 2.24) is 19.9 Å². The average Bonchev–Trinajstić information content (AvgIpc) is 2.60. The summed E-state index contributed by atoms with van der Waals surface area (Å²) < 4.78 is 0. The second-order valence-electron chi connectivity index (χ2n) is 5.29. The van der Waals surface area contributed by atoms with E-state index in [1.54, 1.807) is 18.6 Å². The van der Waals surface area contributed by atoms with E-state index >= 15 is 0 Å². The van der Waals surface area contributed by atoms with E-state index in [0.29, 0.717) is 18.1 Å². The van der Waals surface area contributed by atoms with E-state index in [4.69, 9.17) is 0 Å². The van der Waals surface area contributed by atoms with Gasteiger partial charge in [-0.05, 0) is 24.5 Å². The van der Waals surface area contributed by atoms with Crippen LogP contribution in [0.3, 0.4) is 0 Å². The zero-order valence-electron chi connectivity index (χ0n) is 13.7. The number of nitrogens with one attached hydrogen (secondary N) is 1. The summed E-state index contributed by atoms with van der Waals surface area (Å²) in [5.74, 6) is 0.586. The predicted molar refractivity (Wildman–Crippen MR) is 90.1 cm³/mol. The van der Waals surface area contributed by atoms with Crippen molar-refractivity contribution in [2.24, 2.45) is 0 Å². The summed E-state index contributed by atoms with van der Waals surface area (Å²) >= 11 is 0. The van der Waals surface area contributed by atoms with Crippen molar-refractivity contribution in [3.05, 3.63) is 48.2 Å². The van der Waals surface area contributed by atoms with Gasteiger partial charge in [-0.1, -0.05) is 19.9 Å². The Morgan fingerprint density at radius 2 is 1.91 bits per heavy atom. The zero-order valence-corrected chi connectivity index (χ0v) is 13.7. The molecule has 0 bridgehead atoms. The molecule has 122 valence electrons. The zero-order chi connectivity index (χ0) is 16.5. The van der Waals surface area contributed by atoms with Crippen molar-refractivity contribution >= 4 is 11.7 Å². The van der Waals surface area contributed by atoms with Crippen molar-refractivity contribution in [3.63, 3.8) is 0 Å². The third kappa shape index (κ3) is 5.02. The van der Waals surface area contributed by atoms with Crippen LogP contribution in [0.4, 0.5) is 5.82 Å². The highest BCUT2D eigenvalue weighted by atomic mass is 16.2. The van der Waals surface area contributed by atoms with E-state index in [0.717, 1.165) is 31.5 Å². The normalized spacial score (nSPS) is 10.3. The van der Waals surface area contributed by atoms with E-state index in [1.165, 1.54) is 6.20 Å². The number of carbonyl (C=O) groups is 1. The highest BCUT2D eigenvalue weighted by Gasteiger charge is 2.15. The van der Waals surface area contributed by atoms with Crippen LogP contribution >= 0.6 is 0 Å². The van der Waals surface area contributed by atoms with E-state index in [2.05, 4.69) is 34.1 Å². The van der Waals surface area contributed by atoms with Crippen LogP contribution in [0.15, 0.2) is 36.9 Å². The summed E-state index contributed by atoms with van der Waals surface area (Å²) in [6.45, 7) is 6.23. The van der Waals surface area contributed by atoms with E-state index in [1.807, 2.05) is 17.0 Å². The van der Waals surface area contributed by atoms with Gasteiger partial charge < -0.3 is 10.2 Å². The van der Waals surface area contributed by atoms with Gasteiger partial charge in [-0.3, -0.25) is 9.78 Å². The first-order valence-electron chi connectivity index (χ1n) is 7.98. The van der Waals surface area contributed by atoms with Gasteiger partial charge in [0.2, 0.25) is 0 Å². The first-order chi connectivity index (χ1) is 11.2. The fourth-order valence-electron chi connectivity index (χ4n) is 2.24. The molecule has 0 spiro atoms. The third-order valence-electron chi connectivity index (χ3n) is 3.34. The van der Waals surface area contributed by atoms with Gasteiger partial charge in [-0.15, -0.1) is 0 Å². The van der Waals surface area contributed by atoms with Crippen molar-refractivity contribution in [3.8, 4) is 0 Å². The first-order valence-corrected chi connectivity index (χ1v) is 7.98. The van der Waals surface area contributed by atoms with Gasteiger partial charge in [0, 0.05) is 32.0 Å². The number of aromatic nitrogens is 3. The van der Waals surface area contributed by atoms with Crippen LogP contribution in [0.1, 0.15) is 42.7 Å². The van der Waals surface area contributed by atoms with Crippen LogP contribution in [-0.2, 0) is 6.54 Å². The molecular weight excluding hydrogens is 290 g/mol. The van der Waals surface area contributed by atoms with Crippen molar-refractivity contribution in [2.75, 3.05) is 18.4 Å². The maximum atomic E-state index is 12.4. The molecule has 0 unspecified atom stereocenters. The Kier molecular flexibility index (Phi) is 6.47. The summed E-state index contributed by atoms with van der Waals surface area (Å²) in [5.41, 5.74) is 1.45. The molecule has 1 amide bonds. The average molecular weight is 313 g/mol. The summed E-state index contributed by atoms with van der Waals surface area (Å²) in [6, 6.07) is 3.87. The molecule has 2 aromatic rings. The van der Waals surface area contributed by atoms with Crippen LogP contribution in [0.5, 0.6) is 0 Å². The minimum absolute atomic E-state index is 0.0555. The Morgan fingerprint density at radius 1 is 1.13 bits per heavy atom. The Hall–Kier alpha value is -2.50.